The minimum absolute atomic E-state index is 0. The molecule has 0 radical (unpaired) electrons. The van der Waals surface area contributed by atoms with Gasteiger partial charge in [-0.25, -0.2) is 4.79 Å². The van der Waals surface area contributed by atoms with E-state index in [0.29, 0.717) is 12.8 Å². The maximum Gasteiger partial charge on any atom is 0.328 e. The lowest BCUT2D eigenvalue weighted by atomic mass is 9.80. The Morgan fingerprint density at radius 1 is 1.47 bits per heavy atom. The Morgan fingerprint density at radius 2 is 2.00 bits per heavy atom. The van der Waals surface area contributed by atoms with Crippen LogP contribution in [-0.4, -0.2) is 31.1 Å². The second kappa shape index (κ2) is 5.92. The summed E-state index contributed by atoms with van der Waals surface area (Å²) in [7, 11) is 1.30. The molecule has 0 spiro atoms. The molecule has 1 aliphatic carbocycles. The third-order valence-electron chi connectivity index (χ3n) is 2.46. The maximum atomic E-state index is 11.4. The topological polar surface area (TPSA) is 81.4 Å². The molecule has 0 bridgehead atoms. The first-order chi connectivity index (χ1) is 6.54. The molecule has 1 fully saturated rings. The summed E-state index contributed by atoms with van der Waals surface area (Å²) in [6.07, 6.45) is 1.42. The molecule has 1 saturated carbocycles. The molecule has 0 heterocycles. The molecule has 0 unspecified atom stereocenters. The Labute approximate surface area is 95.1 Å². The van der Waals surface area contributed by atoms with Crippen LogP contribution >= 0.6 is 12.4 Å². The summed E-state index contributed by atoms with van der Waals surface area (Å²) in [6, 6.07) is -0.441. The highest BCUT2D eigenvalue weighted by atomic mass is 35.5. The first-order valence-corrected chi connectivity index (χ1v) is 4.68. The Bertz CT molecular complexity index is 242. The van der Waals surface area contributed by atoms with Gasteiger partial charge in [-0.1, -0.05) is 0 Å². The van der Waals surface area contributed by atoms with E-state index in [-0.39, 0.29) is 30.3 Å². The molecule has 15 heavy (non-hydrogen) atoms. The van der Waals surface area contributed by atoms with E-state index in [0.717, 1.165) is 0 Å². The third-order valence-corrected chi connectivity index (χ3v) is 2.46. The molecule has 5 nitrogen and oxygen atoms in total. The van der Waals surface area contributed by atoms with Gasteiger partial charge in [0.15, 0.2) is 0 Å². The maximum absolute atomic E-state index is 11.4. The SMILES string of the molecule is COC(=O)[C@H](C)NC(=O)C1CC(N)C1.Cl. The molecule has 1 rings (SSSR count). The van der Waals surface area contributed by atoms with Gasteiger partial charge in [0, 0.05) is 12.0 Å². The lowest BCUT2D eigenvalue weighted by molar-refractivity contribution is -0.145. The highest BCUT2D eigenvalue weighted by molar-refractivity contribution is 5.86. The van der Waals surface area contributed by atoms with Gasteiger partial charge in [-0.3, -0.25) is 4.79 Å². The zero-order valence-corrected chi connectivity index (χ0v) is 9.67. The van der Waals surface area contributed by atoms with Gasteiger partial charge in [0.2, 0.25) is 5.91 Å². The molecule has 1 amide bonds. The average molecular weight is 237 g/mol. The zero-order valence-electron chi connectivity index (χ0n) is 8.86. The van der Waals surface area contributed by atoms with Gasteiger partial charge >= 0.3 is 5.97 Å². The van der Waals surface area contributed by atoms with Crippen LogP contribution in [0.4, 0.5) is 0 Å². The minimum atomic E-state index is -0.579. The standard InChI is InChI=1S/C9H16N2O3.ClH/c1-5(9(13)14-2)11-8(12)6-3-7(10)4-6;/h5-7H,3-4,10H2,1-2H3,(H,11,12);1H/t5-,6?,7?;/m0./s1. The van der Waals surface area contributed by atoms with Crippen LogP contribution in [0.5, 0.6) is 0 Å². The van der Waals surface area contributed by atoms with Crippen LogP contribution in [-0.2, 0) is 14.3 Å². The van der Waals surface area contributed by atoms with Crippen molar-refractivity contribution >= 4 is 24.3 Å². The highest BCUT2D eigenvalue weighted by Gasteiger charge is 2.33. The summed E-state index contributed by atoms with van der Waals surface area (Å²) in [5, 5.41) is 2.58. The number of rotatable bonds is 3. The quantitative estimate of drug-likeness (QED) is 0.667. The van der Waals surface area contributed by atoms with Crippen molar-refractivity contribution in [1.82, 2.24) is 5.32 Å². The summed E-state index contributed by atoms with van der Waals surface area (Å²) in [5.41, 5.74) is 5.55. The fourth-order valence-corrected chi connectivity index (χ4v) is 1.44. The number of methoxy groups -OCH3 is 1. The first-order valence-electron chi connectivity index (χ1n) is 4.68. The number of ether oxygens (including phenoxy) is 1. The van der Waals surface area contributed by atoms with Gasteiger partial charge in [0.1, 0.15) is 6.04 Å². The van der Waals surface area contributed by atoms with E-state index in [1.165, 1.54) is 7.11 Å². The number of esters is 1. The number of nitrogens with one attached hydrogen (secondary N) is 1. The molecular weight excluding hydrogens is 220 g/mol. The fourth-order valence-electron chi connectivity index (χ4n) is 1.44. The predicted octanol–water partition coefficient (Wildman–Crippen LogP) is -0.177. The van der Waals surface area contributed by atoms with Gasteiger partial charge in [-0.05, 0) is 19.8 Å². The van der Waals surface area contributed by atoms with Crippen LogP contribution < -0.4 is 11.1 Å². The molecule has 0 aromatic carbocycles. The molecule has 88 valence electrons. The van der Waals surface area contributed by atoms with Crippen molar-refractivity contribution in [1.29, 1.82) is 0 Å². The first kappa shape index (κ1) is 14.2. The zero-order chi connectivity index (χ0) is 10.7. The smallest absolute Gasteiger partial charge is 0.328 e. The van der Waals surface area contributed by atoms with Gasteiger partial charge in [0.25, 0.3) is 0 Å². The lowest BCUT2D eigenvalue weighted by Crippen LogP contribution is -2.49. The molecule has 0 aromatic rings. The Balaban J connectivity index is 0.00000196. The van der Waals surface area contributed by atoms with Crippen molar-refractivity contribution in [2.24, 2.45) is 11.7 Å². The lowest BCUT2D eigenvalue weighted by Gasteiger charge is -2.31. The van der Waals surface area contributed by atoms with Crippen molar-refractivity contribution < 1.29 is 14.3 Å². The van der Waals surface area contributed by atoms with Crippen LogP contribution in [0.25, 0.3) is 0 Å². The van der Waals surface area contributed by atoms with E-state index in [9.17, 15) is 9.59 Å². The fraction of sp³-hybridized carbons (Fsp3) is 0.778. The van der Waals surface area contributed by atoms with E-state index < -0.39 is 12.0 Å². The number of halogens is 1. The Hall–Kier alpha value is -0.810. The summed E-state index contributed by atoms with van der Waals surface area (Å²) in [5.74, 6) is -0.566. The third kappa shape index (κ3) is 3.68. The second-order valence-corrected chi connectivity index (χ2v) is 3.68. The molecule has 1 atom stereocenters. The molecule has 1 aliphatic rings. The molecule has 0 aromatic heterocycles. The predicted molar refractivity (Wildman–Crippen MR) is 57.6 cm³/mol. The van der Waals surface area contributed by atoms with E-state index in [2.05, 4.69) is 10.1 Å². The number of amides is 1. The normalized spacial score (nSPS) is 25.5. The van der Waals surface area contributed by atoms with Crippen molar-refractivity contribution in [2.75, 3.05) is 7.11 Å². The number of hydrogen-bond donors (Lipinski definition) is 2. The summed E-state index contributed by atoms with van der Waals surface area (Å²) in [4.78, 5) is 22.4. The molecule has 0 saturated heterocycles. The van der Waals surface area contributed by atoms with Gasteiger partial charge in [0.05, 0.1) is 7.11 Å². The molecular formula is C9H17ClN2O3. The molecule has 3 N–H and O–H groups in total. The van der Waals surface area contributed by atoms with E-state index >= 15 is 0 Å². The van der Waals surface area contributed by atoms with Gasteiger partial charge < -0.3 is 15.8 Å². The summed E-state index contributed by atoms with van der Waals surface area (Å²) < 4.78 is 4.49. The van der Waals surface area contributed by atoms with Crippen LogP contribution in [0.2, 0.25) is 0 Å². The number of carbonyl (C=O) groups is 2. The van der Waals surface area contributed by atoms with Gasteiger partial charge in [-0.15, -0.1) is 12.4 Å². The van der Waals surface area contributed by atoms with Crippen molar-refractivity contribution in [3.05, 3.63) is 0 Å². The summed E-state index contributed by atoms with van der Waals surface area (Å²) in [6.45, 7) is 1.60. The Kier molecular flexibility index (Phi) is 5.60. The van der Waals surface area contributed by atoms with Crippen LogP contribution in [0, 0.1) is 5.92 Å². The van der Waals surface area contributed by atoms with E-state index in [4.69, 9.17) is 5.73 Å². The van der Waals surface area contributed by atoms with Crippen molar-refractivity contribution in [3.8, 4) is 0 Å². The number of nitrogens with two attached hydrogens (primary N) is 1. The molecule has 0 aliphatic heterocycles. The highest BCUT2D eigenvalue weighted by Crippen LogP contribution is 2.25. The second-order valence-electron chi connectivity index (χ2n) is 3.68. The van der Waals surface area contributed by atoms with Crippen LogP contribution in [0.1, 0.15) is 19.8 Å². The minimum Gasteiger partial charge on any atom is -0.467 e. The Morgan fingerprint density at radius 3 is 2.40 bits per heavy atom. The number of hydrogen-bond acceptors (Lipinski definition) is 4. The average Bonchev–Trinajstić information content (AvgIpc) is 2.11. The van der Waals surface area contributed by atoms with Crippen LogP contribution in [0.15, 0.2) is 0 Å². The molecule has 6 heteroatoms. The van der Waals surface area contributed by atoms with Gasteiger partial charge in [-0.2, -0.15) is 0 Å². The summed E-state index contributed by atoms with van der Waals surface area (Å²) >= 11 is 0. The largest absolute Gasteiger partial charge is 0.467 e. The monoisotopic (exact) mass is 236 g/mol. The number of carbonyl (C=O) groups excluding carboxylic acids is 2. The van der Waals surface area contributed by atoms with E-state index in [1.54, 1.807) is 6.92 Å². The van der Waals surface area contributed by atoms with Crippen LogP contribution in [0.3, 0.4) is 0 Å². The van der Waals surface area contributed by atoms with Crippen molar-refractivity contribution in [2.45, 2.75) is 31.8 Å². The van der Waals surface area contributed by atoms with Crippen molar-refractivity contribution in [3.63, 3.8) is 0 Å². The van der Waals surface area contributed by atoms with E-state index in [1.807, 2.05) is 0 Å².